The number of hydrogen-bond acceptors (Lipinski definition) is 8. The number of aliphatic hydroxyl groups is 3. The molecule has 8 nitrogen and oxygen atoms in total. The Kier molecular flexibility index (Phi) is 45.9. The number of benzene rings is 1. The van der Waals surface area contributed by atoms with Crippen LogP contribution in [0.2, 0.25) is 0 Å². The van der Waals surface area contributed by atoms with E-state index < -0.39 is 5.83 Å². The highest BCUT2D eigenvalue weighted by molar-refractivity contribution is 5.68. The molecule has 0 fully saturated rings. The zero-order valence-corrected chi connectivity index (χ0v) is 27.0. The highest BCUT2D eigenvalue weighted by Crippen LogP contribution is 2.15. The van der Waals surface area contributed by atoms with Gasteiger partial charge in [0.25, 0.3) is 6.47 Å². The molecule has 252 valence electrons. The number of carbonyl (C=O) groups is 3. The lowest BCUT2D eigenvalue weighted by Gasteiger charge is -2.02. The van der Waals surface area contributed by atoms with Gasteiger partial charge < -0.3 is 24.8 Å². The molecule has 3 N–H and O–H groups in total. The van der Waals surface area contributed by atoms with Gasteiger partial charge in [-0.25, -0.2) is 4.39 Å². The van der Waals surface area contributed by atoms with E-state index >= 15 is 0 Å². The fourth-order valence-corrected chi connectivity index (χ4v) is 1.57. The van der Waals surface area contributed by atoms with Crippen LogP contribution in [-0.2, 0) is 23.9 Å². The van der Waals surface area contributed by atoms with E-state index in [1.165, 1.54) is 12.2 Å². The Hall–Kier alpha value is -5.22. The van der Waals surface area contributed by atoms with Gasteiger partial charge >= 0.3 is 0 Å². The van der Waals surface area contributed by atoms with Crippen molar-refractivity contribution in [3.63, 3.8) is 0 Å². The van der Waals surface area contributed by atoms with Gasteiger partial charge in [0.05, 0.1) is 20.3 Å². The summed E-state index contributed by atoms with van der Waals surface area (Å²) in [5.74, 6) is -0.173. The zero-order valence-electron chi connectivity index (χ0n) is 27.0. The number of ether oxygens (including phenoxy) is 2. The maximum Gasteiger partial charge on any atom is 0.298 e. The van der Waals surface area contributed by atoms with Crippen molar-refractivity contribution in [2.24, 2.45) is 0 Å². The van der Waals surface area contributed by atoms with E-state index in [9.17, 15) is 9.18 Å². The van der Waals surface area contributed by atoms with Gasteiger partial charge in [0.15, 0.2) is 12.1 Å². The number of aliphatic hydroxyl groups excluding tert-OH is 3. The van der Waals surface area contributed by atoms with Crippen molar-refractivity contribution in [2.75, 3.05) is 26.9 Å². The summed E-state index contributed by atoms with van der Waals surface area (Å²) in [6.45, 7) is 30.9. The summed E-state index contributed by atoms with van der Waals surface area (Å²) in [5, 5.41) is 23.1. The quantitative estimate of drug-likeness (QED) is 0.0825. The van der Waals surface area contributed by atoms with Crippen LogP contribution in [0.25, 0.3) is 0 Å². The summed E-state index contributed by atoms with van der Waals surface area (Å²) in [6, 6.07) is 12.0. The monoisotopic (exact) mass is 640 g/mol. The van der Waals surface area contributed by atoms with E-state index in [1.54, 1.807) is 37.5 Å². The lowest BCUT2D eigenvalue weighted by atomic mass is 10.0. The lowest BCUT2D eigenvalue weighted by molar-refractivity contribution is -0.124. The minimum atomic E-state index is -0.926. The summed E-state index contributed by atoms with van der Waals surface area (Å²) in [4.78, 5) is 28.2. The molecule has 9 heteroatoms. The molecule has 1 aromatic carbocycles. The maximum atomic E-state index is 10.9. The van der Waals surface area contributed by atoms with Crippen LogP contribution in [-0.4, -0.2) is 61.3 Å². The molecule has 0 unspecified atom stereocenters. The van der Waals surface area contributed by atoms with Gasteiger partial charge in [-0.1, -0.05) is 120 Å². The van der Waals surface area contributed by atoms with Gasteiger partial charge in [0.2, 0.25) is 0 Å². The van der Waals surface area contributed by atoms with Crippen molar-refractivity contribution in [3.8, 4) is 0 Å². The van der Waals surface area contributed by atoms with Gasteiger partial charge in [0, 0.05) is 6.61 Å². The fraction of sp³-hybridized carbons (Fsp3) is 0.162. The molecule has 0 saturated carbocycles. The predicted octanol–water partition coefficient (Wildman–Crippen LogP) is 6.81. The Morgan fingerprint density at radius 3 is 1.13 bits per heavy atom. The second kappa shape index (κ2) is 41.9. The van der Waals surface area contributed by atoms with E-state index in [0.717, 1.165) is 17.6 Å². The number of aldehydes is 2. The molecule has 0 radical (unpaired) electrons. The number of methoxy groups -OCH3 is 1. The summed E-state index contributed by atoms with van der Waals surface area (Å²) >= 11 is 0. The van der Waals surface area contributed by atoms with E-state index in [1.807, 2.05) is 43.3 Å². The second-order valence-corrected chi connectivity index (χ2v) is 7.71. The summed E-state index contributed by atoms with van der Waals surface area (Å²) in [5.41, 5.74) is 2.77. The minimum absolute atomic E-state index is 0.0556. The van der Waals surface area contributed by atoms with Crippen LogP contribution in [0.15, 0.2) is 171 Å². The summed E-state index contributed by atoms with van der Waals surface area (Å²) in [7, 11) is 1.54. The minimum Gasteiger partial charge on any atom is -0.497 e. The highest BCUT2D eigenvalue weighted by atomic mass is 19.1. The topological polar surface area (TPSA) is 130 Å². The summed E-state index contributed by atoms with van der Waals surface area (Å²) < 4.78 is 20.4. The van der Waals surface area contributed by atoms with Crippen molar-refractivity contribution < 1.29 is 43.6 Å². The average molecular weight is 641 g/mol. The first kappa shape index (κ1) is 50.4. The molecule has 0 aliphatic rings. The second-order valence-electron chi connectivity index (χ2n) is 7.71. The molecular weight excluding hydrogens is 591 g/mol. The molecule has 0 aliphatic heterocycles. The van der Waals surface area contributed by atoms with Crippen molar-refractivity contribution in [3.05, 3.63) is 171 Å². The maximum absolute atomic E-state index is 10.9. The van der Waals surface area contributed by atoms with E-state index in [4.69, 9.17) is 29.6 Å². The van der Waals surface area contributed by atoms with Crippen LogP contribution < -0.4 is 0 Å². The SMILES string of the molecule is C=C(/C=C\C(=C)C(=C)/C=C\C(=C)C(=C)/C=C\C(=C)OC=O)OC.C=C(F)C=O.C=CC=O.CCCO.OCCO.c1ccccc1. The van der Waals surface area contributed by atoms with Crippen LogP contribution in [0.4, 0.5) is 4.39 Å². The number of allylic oxidation sites excluding steroid dienone is 12. The molecule has 0 aromatic heterocycles. The van der Waals surface area contributed by atoms with Crippen LogP contribution >= 0.6 is 0 Å². The third-order valence-electron chi connectivity index (χ3n) is 3.93. The number of carbonyl (C=O) groups excluding carboxylic acids is 3. The summed E-state index contributed by atoms with van der Waals surface area (Å²) in [6.07, 6.45) is 13.0. The Balaban J connectivity index is -0.000000194. The smallest absolute Gasteiger partial charge is 0.298 e. The van der Waals surface area contributed by atoms with Gasteiger partial charge in [-0.3, -0.25) is 14.4 Å². The molecular formula is C37H49FO8. The molecule has 1 aromatic rings. The van der Waals surface area contributed by atoms with E-state index in [2.05, 4.69) is 57.4 Å². The van der Waals surface area contributed by atoms with Gasteiger partial charge in [-0.05, 0) is 46.9 Å². The van der Waals surface area contributed by atoms with Crippen LogP contribution in [0.3, 0.4) is 0 Å². The Labute approximate surface area is 273 Å². The molecule has 0 bridgehead atoms. The van der Waals surface area contributed by atoms with Crippen molar-refractivity contribution in [2.45, 2.75) is 13.3 Å². The Morgan fingerprint density at radius 2 is 0.935 bits per heavy atom. The molecule has 0 aliphatic carbocycles. The standard InChI is InChI=1S/C20H22O3.C6H6.C3H3FO.C3H8O.C3H4O.C2H6O2/c1-15(17(3)10-12-19(5)22-7)8-9-16(2)18(4)11-13-20(6)23-14-21;1-2-4-6-5-3-1;1-3(4)2-5;2*1-2-3-4;3-1-2-4/h8-14H,1-6H2,7H3;1-6H;2H,1H2;4H,2-3H2,1H3;2-3H,1H2;3-4H,1-2H2/b9-8-,12-10-,13-11-;;;;;. The number of rotatable bonds is 15. The van der Waals surface area contributed by atoms with Crippen molar-refractivity contribution in [1.82, 2.24) is 0 Å². The van der Waals surface area contributed by atoms with Crippen LogP contribution in [0.5, 0.6) is 0 Å². The van der Waals surface area contributed by atoms with Crippen LogP contribution in [0, 0.1) is 0 Å². The average Bonchev–Trinajstić information content (AvgIpc) is 3.09. The van der Waals surface area contributed by atoms with Gasteiger partial charge in [0.1, 0.15) is 17.8 Å². The number of halogens is 1. The predicted molar refractivity (Wildman–Crippen MR) is 187 cm³/mol. The Morgan fingerprint density at radius 1 is 0.652 bits per heavy atom. The molecule has 0 atom stereocenters. The lowest BCUT2D eigenvalue weighted by Crippen LogP contribution is -1.85. The van der Waals surface area contributed by atoms with Crippen LogP contribution in [0.1, 0.15) is 13.3 Å². The number of hydrogen-bond donors (Lipinski definition) is 3. The third-order valence-corrected chi connectivity index (χ3v) is 3.93. The zero-order chi connectivity index (χ0) is 36.6. The normalized spacial score (nSPS) is 8.83. The van der Waals surface area contributed by atoms with Gasteiger partial charge in [-0.2, -0.15) is 0 Å². The highest BCUT2D eigenvalue weighted by Gasteiger charge is 1.96. The van der Waals surface area contributed by atoms with Gasteiger partial charge in [-0.15, -0.1) is 0 Å². The van der Waals surface area contributed by atoms with Crippen molar-refractivity contribution in [1.29, 1.82) is 0 Å². The van der Waals surface area contributed by atoms with Crippen molar-refractivity contribution >= 4 is 19.0 Å². The first-order valence-electron chi connectivity index (χ1n) is 13.3. The molecule has 46 heavy (non-hydrogen) atoms. The molecule has 1 rings (SSSR count). The molecule has 0 amide bonds. The first-order chi connectivity index (χ1) is 21.8. The Bertz CT molecular complexity index is 1100. The van der Waals surface area contributed by atoms with E-state index in [0.29, 0.717) is 36.3 Å². The van der Waals surface area contributed by atoms with E-state index in [-0.39, 0.29) is 25.3 Å². The third kappa shape index (κ3) is 48.5. The molecule has 0 spiro atoms. The molecule has 0 heterocycles. The molecule has 0 saturated heterocycles. The first-order valence-corrected chi connectivity index (χ1v) is 13.3. The fourth-order valence-electron chi connectivity index (χ4n) is 1.57. The largest absolute Gasteiger partial charge is 0.497 e.